The third-order valence-electron chi connectivity index (χ3n) is 5.36. The molecule has 1 saturated carbocycles. The van der Waals surface area contributed by atoms with E-state index in [9.17, 15) is 9.59 Å². The van der Waals surface area contributed by atoms with Gasteiger partial charge in [0.2, 0.25) is 11.8 Å². The normalized spacial score (nSPS) is 20.8. The Bertz CT molecular complexity index is 624. The molecule has 3 rings (SSSR count). The molecule has 1 aliphatic heterocycles. The summed E-state index contributed by atoms with van der Waals surface area (Å²) in [7, 11) is 3.42. The zero-order valence-corrected chi connectivity index (χ0v) is 15.8. The second-order valence-corrected chi connectivity index (χ2v) is 7.66. The van der Waals surface area contributed by atoms with E-state index in [0.717, 1.165) is 13.0 Å². The van der Waals surface area contributed by atoms with Crippen LogP contribution in [0.25, 0.3) is 0 Å². The second kappa shape index (κ2) is 8.52. The Hall–Kier alpha value is -2.11. The molecule has 1 unspecified atom stereocenters. The van der Waals surface area contributed by atoms with E-state index in [1.54, 1.807) is 32.4 Å². The summed E-state index contributed by atoms with van der Waals surface area (Å²) in [5.41, 5.74) is 0.540. The van der Waals surface area contributed by atoms with Gasteiger partial charge >= 0.3 is 0 Å². The minimum atomic E-state index is -0.0793. The molecule has 6 nitrogen and oxygen atoms in total. The van der Waals surface area contributed by atoms with Crippen molar-refractivity contribution in [2.45, 2.75) is 51.0 Å². The van der Waals surface area contributed by atoms with Crippen molar-refractivity contribution < 1.29 is 14.3 Å². The summed E-state index contributed by atoms with van der Waals surface area (Å²) in [6.07, 6.45) is 9.28. The number of carbonyl (C=O) groups is 2. The van der Waals surface area contributed by atoms with Gasteiger partial charge < -0.3 is 14.5 Å². The number of carbonyl (C=O) groups excluding carboxylic acids is 2. The molecule has 142 valence electrons. The van der Waals surface area contributed by atoms with Gasteiger partial charge in [0.15, 0.2) is 0 Å². The molecular weight excluding hydrogens is 330 g/mol. The molecule has 1 aliphatic carbocycles. The van der Waals surface area contributed by atoms with Crippen LogP contribution in [0.4, 0.5) is 0 Å². The molecule has 1 aromatic rings. The van der Waals surface area contributed by atoms with Gasteiger partial charge in [-0.3, -0.25) is 9.59 Å². The van der Waals surface area contributed by atoms with Crippen LogP contribution < -0.4 is 4.74 Å². The summed E-state index contributed by atoms with van der Waals surface area (Å²) in [6, 6.07) is 3.45. The first kappa shape index (κ1) is 18.7. The maximum Gasteiger partial charge on any atom is 0.254 e. The number of nitrogens with zero attached hydrogens (tertiary/aromatic N) is 3. The monoisotopic (exact) mass is 359 g/mol. The molecule has 0 radical (unpaired) electrons. The van der Waals surface area contributed by atoms with Crippen molar-refractivity contribution in [1.29, 1.82) is 0 Å². The Kier molecular flexibility index (Phi) is 6.12. The molecule has 2 fully saturated rings. The van der Waals surface area contributed by atoms with Crippen molar-refractivity contribution in [3.63, 3.8) is 0 Å². The predicted molar refractivity (Wildman–Crippen MR) is 99.1 cm³/mol. The van der Waals surface area contributed by atoms with Gasteiger partial charge in [0.1, 0.15) is 6.10 Å². The molecule has 2 heterocycles. The van der Waals surface area contributed by atoms with E-state index < -0.39 is 0 Å². The van der Waals surface area contributed by atoms with Crippen molar-refractivity contribution in [3.8, 4) is 5.88 Å². The quantitative estimate of drug-likeness (QED) is 0.811. The van der Waals surface area contributed by atoms with Crippen molar-refractivity contribution in [2.24, 2.45) is 5.92 Å². The number of rotatable bonds is 5. The molecular formula is C20H29N3O3. The third-order valence-corrected chi connectivity index (χ3v) is 5.36. The van der Waals surface area contributed by atoms with Crippen molar-refractivity contribution in [3.05, 3.63) is 23.9 Å². The van der Waals surface area contributed by atoms with Crippen LogP contribution in [0, 0.1) is 5.92 Å². The van der Waals surface area contributed by atoms with E-state index in [1.807, 2.05) is 4.90 Å². The predicted octanol–water partition coefficient (Wildman–Crippen LogP) is 2.73. The third kappa shape index (κ3) is 4.74. The minimum absolute atomic E-state index is 0.0202. The lowest BCUT2D eigenvalue weighted by Gasteiger charge is -2.24. The molecule has 0 aromatic carbocycles. The lowest BCUT2D eigenvalue weighted by Crippen LogP contribution is -2.32. The number of hydrogen-bond donors (Lipinski definition) is 0. The molecule has 2 aliphatic rings. The molecule has 1 aromatic heterocycles. The Balaban J connectivity index is 1.48. The van der Waals surface area contributed by atoms with Crippen LogP contribution in [0.3, 0.4) is 0 Å². The van der Waals surface area contributed by atoms with E-state index >= 15 is 0 Å². The number of aromatic nitrogens is 1. The average molecular weight is 359 g/mol. The maximum atomic E-state index is 12.5. The SMILES string of the molecule is CN(C)C(=O)c1ccc(OC2CCN(C(=O)CC3CCCCC3)C2)nc1. The summed E-state index contributed by atoms with van der Waals surface area (Å²) >= 11 is 0. The van der Waals surface area contributed by atoms with Gasteiger partial charge in [0.05, 0.1) is 12.1 Å². The molecule has 6 heteroatoms. The zero-order chi connectivity index (χ0) is 18.5. The molecule has 0 N–H and O–H groups in total. The lowest BCUT2D eigenvalue weighted by atomic mass is 9.87. The van der Waals surface area contributed by atoms with Crippen LogP contribution in [0.5, 0.6) is 5.88 Å². The highest BCUT2D eigenvalue weighted by molar-refractivity contribution is 5.93. The summed E-state index contributed by atoms with van der Waals surface area (Å²) in [4.78, 5) is 32.1. The van der Waals surface area contributed by atoms with Gasteiger partial charge in [0.25, 0.3) is 5.91 Å². The maximum absolute atomic E-state index is 12.5. The Morgan fingerprint density at radius 3 is 2.62 bits per heavy atom. The van der Waals surface area contributed by atoms with E-state index in [0.29, 0.717) is 30.3 Å². The molecule has 1 saturated heterocycles. The summed E-state index contributed by atoms with van der Waals surface area (Å²) in [6.45, 7) is 1.39. The smallest absolute Gasteiger partial charge is 0.254 e. The topological polar surface area (TPSA) is 62.7 Å². The lowest BCUT2D eigenvalue weighted by molar-refractivity contribution is -0.131. The first-order valence-electron chi connectivity index (χ1n) is 9.65. The molecule has 0 spiro atoms. The number of likely N-dealkylation sites (tertiary alicyclic amines) is 1. The van der Waals surface area contributed by atoms with Crippen molar-refractivity contribution in [2.75, 3.05) is 27.2 Å². The van der Waals surface area contributed by atoms with E-state index in [-0.39, 0.29) is 17.9 Å². The fourth-order valence-corrected chi connectivity index (χ4v) is 3.82. The molecule has 26 heavy (non-hydrogen) atoms. The molecule has 2 amide bonds. The van der Waals surface area contributed by atoms with Crippen LogP contribution in [-0.4, -0.2) is 59.9 Å². The van der Waals surface area contributed by atoms with E-state index in [4.69, 9.17) is 4.74 Å². The highest BCUT2D eigenvalue weighted by atomic mass is 16.5. The minimum Gasteiger partial charge on any atom is -0.472 e. The molecule has 1 atom stereocenters. The van der Waals surface area contributed by atoms with Crippen LogP contribution in [0.2, 0.25) is 0 Å². The zero-order valence-electron chi connectivity index (χ0n) is 15.8. The summed E-state index contributed by atoms with van der Waals surface area (Å²) in [5, 5.41) is 0. The Morgan fingerprint density at radius 2 is 1.96 bits per heavy atom. The van der Waals surface area contributed by atoms with E-state index in [1.165, 1.54) is 37.0 Å². The van der Waals surface area contributed by atoms with Gasteiger partial charge in [-0.25, -0.2) is 4.98 Å². The van der Waals surface area contributed by atoms with Crippen LogP contribution >= 0.6 is 0 Å². The van der Waals surface area contributed by atoms with Crippen molar-refractivity contribution >= 4 is 11.8 Å². The highest BCUT2D eigenvalue weighted by Crippen LogP contribution is 2.27. The Labute approximate surface area is 155 Å². The van der Waals surface area contributed by atoms with E-state index in [2.05, 4.69) is 4.98 Å². The first-order chi connectivity index (χ1) is 12.5. The summed E-state index contributed by atoms with van der Waals surface area (Å²) in [5.74, 6) is 1.26. The van der Waals surface area contributed by atoms with Gasteiger partial charge in [0, 0.05) is 45.7 Å². The van der Waals surface area contributed by atoms with Crippen LogP contribution in [0.15, 0.2) is 18.3 Å². The number of pyridine rings is 1. The fourth-order valence-electron chi connectivity index (χ4n) is 3.82. The average Bonchev–Trinajstić information content (AvgIpc) is 3.11. The van der Waals surface area contributed by atoms with Gasteiger partial charge in [-0.15, -0.1) is 0 Å². The Morgan fingerprint density at radius 1 is 1.19 bits per heavy atom. The number of ether oxygens (including phenoxy) is 1. The highest BCUT2D eigenvalue weighted by Gasteiger charge is 2.29. The van der Waals surface area contributed by atoms with Gasteiger partial charge in [-0.1, -0.05) is 19.3 Å². The number of amides is 2. The second-order valence-electron chi connectivity index (χ2n) is 7.66. The standard InChI is InChI=1S/C20H29N3O3/c1-22(2)20(25)16-8-9-18(21-13-16)26-17-10-11-23(14-17)19(24)12-15-6-4-3-5-7-15/h8-9,13,15,17H,3-7,10-12,14H2,1-2H3. The van der Waals surface area contributed by atoms with Crippen LogP contribution in [-0.2, 0) is 4.79 Å². The van der Waals surface area contributed by atoms with Gasteiger partial charge in [-0.05, 0) is 24.8 Å². The number of hydrogen-bond acceptors (Lipinski definition) is 4. The van der Waals surface area contributed by atoms with Crippen molar-refractivity contribution in [1.82, 2.24) is 14.8 Å². The van der Waals surface area contributed by atoms with Crippen LogP contribution in [0.1, 0.15) is 55.3 Å². The fraction of sp³-hybridized carbons (Fsp3) is 0.650. The largest absolute Gasteiger partial charge is 0.472 e. The van der Waals surface area contributed by atoms with Gasteiger partial charge in [-0.2, -0.15) is 0 Å². The summed E-state index contributed by atoms with van der Waals surface area (Å²) < 4.78 is 5.91. The first-order valence-corrected chi connectivity index (χ1v) is 9.65. The molecule has 0 bridgehead atoms.